The molecule has 0 fully saturated rings. The van der Waals surface area contributed by atoms with Crippen molar-refractivity contribution in [3.05, 3.63) is 33.6 Å². The molecule has 0 aliphatic heterocycles. The first-order chi connectivity index (χ1) is 9.56. The van der Waals surface area contributed by atoms with Gasteiger partial charge < -0.3 is 5.32 Å². The number of hydrogen-bond acceptors (Lipinski definition) is 4. The van der Waals surface area contributed by atoms with E-state index in [1.165, 1.54) is 0 Å². The van der Waals surface area contributed by atoms with Gasteiger partial charge in [-0.25, -0.2) is 15.0 Å². The number of halogens is 2. The Bertz CT molecular complexity index is 629. The normalized spacial score (nSPS) is 10.7. The van der Waals surface area contributed by atoms with E-state index in [0.29, 0.717) is 21.6 Å². The number of rotatable bonds is 4. The van der Waals surface area contributed by atoms with Gasteiger partial charge in [-0.1, -0.05) is 30.1 Å². The Balaban J connectivity index is 2.58. The summed E-state index contributed by atoms with van der Waals surface area (Å²) < 4.78 is 0. The highest BCUT2D eigenvalue weighted by Gasteiger charge is 2.14. The molecular formula is C14H16Cl2N4. The van der Waals surface area contributed by atoms with Crippen LogP contribution in [0.3, 0.4) is 0 Å². The maximum Gasteiger partial charge on any atom is 0.181 e. The van der Waals surface area contributed by atoms with Gasteiger partial charge in [0.05, 0.1) is 10.0 Å². The Labute approximate surface area is 128 Å². The van der Waals surface area contributed by atoms with Gasteiger partial charge in [0.25, 0.3) is 0 Å². The number of pyridine rings is 1. The molecule has 0 spiro atoms. The molecule has 1 N–H and O–H groups in total. The topological polar surface area (TPSA) is 50.7 Å². The summed E-state index contributed by atoms with van der Waals surface area (Å²) in [6.07, 6.45) is 2.37. The average molecular weight is 311 g/mol. The van der Waals surface area contributed by atoms with Crippen LogP contribution in [0.4, 0.5) is 5.82 Å². The highest BCUT2D eigenvalue weighted by Crippen LogP contribution is 2.28. The number of nitrogens with one attached hydrogen (secondary N) is 1. The monoisotopic (exact) mass is 310 g/mol. The van der Waals surface area contributed by atoms with Crippen LogP contribution in [0.1, 0.15) is 25.1 Å². The zero-order valence-corrected chi connectivity index (χ0v) is 13.2. The molecule has 0 amide bonds. The summed E-state index contributed by atoms with van der Waals surface area (Å²) in [5.41, 5.74) is 2.59. The minimum absolute atomic E-state index is 0.450. The molecule has 0 aliphatic rings. The lowest BCUT2D eigenvalue weighted by atomic mass is 10.2. The SMILES string of the molecule is CCNc1nc(-c2ncc(Cl)cc2Cl)nc(CC)c1C. The zero-order chi connectivity index (χ0) is 14.7. The molecule has 0 saturated heterocycles. The molecule has 2 aromatic heterocycles. The van der Waals surface area contributed by atoms with Gasteiger partial charge in [0.2, 0.25) is 0 Å². The zero-order valence-electron chi connectivity index (χ0n) is 11.7. The predicted molar refractivity (Wildman–Crippen MR) is 83.6 cm³/mol. The first-order valence-corrected chi connectivity index (χ1v) is 7.25. The van der Waals surface area contributed by atoms with Crippen LogP contribution in [0.5, 0.6) is 0 Å². The third-order valence-corrected chi connectivity index (χ3v) is 3.44. The molecular weight excluding hydrogens is 295 g/mol. The van der Waals surface area contributed by atoms with Gasteiger partial charge in [-0.3, -0.25) is 0 Å². The van der Waals surface area contributed by atoms with Crippen molar-refractivity contribution in [3.8, 4) is 11.5 Å². The molecule has 2 aromatic rings. The van der Waals surface area contributed by atoms with Gasteiger partial charge >= 0.3 is 0 Å². The highest BCUT2D eigenvalue weighted by molar-refractivity contribution is 6.35. The molecule has 6 heteroatoms. The lowest BCUT2D eigenvalue weighted by molar-refractivity contribution is 0.965. The van der Waals surface area contributed by atoms with Crippen molar-refractivity contribution >= 4 is 29.0 Å². The molecule has 0 aliphatic carbocycles. The van der Waals surface area contributed by atoms with E-state index in [0.717, 1.165) is 30.0 Å². The Morgan fingerprint density at radius 1 is 1.20 bits per heavy atom. The van der Waals surface area contributed by atoms with Crippen LogP contribution >= 0.6 is 23.2 Å². The standard InChI is InChI=1S/C14H16Cl2N4/c1-4-11-8(3)13(17-5-2)20-14(19-11)12-10(16)6-9(15)7-18-12/h6-7H,4-5H2,1-3H3,(H,17,19,20). The fraction of sp³-hybridized carbons (Fsp3) is 0.357. The van der Waals surface area contributed by atoms with Gasteiger partial charge in [-0.2, -0.15) is 0 Å². The van der Waals surface area contributed by atoms with Crippen molar-refractivity contribution in [1.82, 2.24) is 15.0 Å². The predicted octanol–water partition coefficient (Wildman–Crippen LogP) is 4.15. The third kappa shape index (κ3) is 3.02. The second kappa shape index (κ2) is 6.37. The van der Waals surface area contributed by atoms with E-state index in [1.54, 1.807) is 12.3 Å². The molecule has 106 valence electrons. The number of nitrogens with zero attached hydrogens (tertiary/aromatic N) is 3. The van der Waals surface area contributed by atoms with Gasteiger partial charge in [0.1, 0.15) is 11.5 Å². The van der Waals surface area contributed by atoms with E-state index >= 15 is 0 Å². The van der Waals surface area contributed by atoms with Gasteiger partial charge in [0, 0.05) is 24.0 Å². The Morgan fingerprint density at radius 2 is 1.95 bits per heavy atom. The van der Waals surface area contributed by atoms with E-state index < -0.39 is 0 Å². The maximum absolute atomic E-state index is 6.18. The van der Waals surface area contributed by atoms with Crippen molar-refractivity contribution < 1.29 is 0 Å². The van der Waals surface area contributed by atoms with Crippen LogP contribution in [0.25, 0.3) is 11.5 Å². The van der Waals surface area contributed by atoms with Crippen molar-refractivity contribution in [2.24, 2.45) is 0 Å². The Hall–Kier alpha value is -1.39. The molecule has 2 heterocycles. The fourth-order valence-corrected chi connectivity index (χ4v) is 2.40. The third-order valence-electron chi connectivity index (χ3n) is 2.95. The number of aryl methyl sites for hydroxylation is 1. The summed E-state index contributed by atoms with van der Waals surface area (Å²) >= 11 is 12.1. The minimum atomic E-state index is 0.450. The number of hydrogen-bond donors (Lipinski definition) is 1. The van der Waals surface area contributed by atoms with Crippen molar-refractivity contribution in [3.63, 3.8) is 0 Å². The summed E-state index contributed by atoms with van der Waals surface area (Å²) in [6.45, 7) is 6.89. The van der Waals surface area contributed by atoms with Gasteiger partial charge in [-0.15, -0.1) is 0 Å². The first-order valence-electron chi connectivity index (χ1n) is 6.49. The molecule has 0 aromatic carbocycles. The summed E-state index contributed by atoms with van der Waals surface area (Å²) in [7, 11) is 0. The van der Waals surface area contributed by atoms with Crippen LogP contribution in [0.2, 0.25) is 10.0 Å². The number of anilines is 1. The van der Waals surface area contributed by atoms with Crippen molar-refractivity contribution in [2.45, 2.75) is 27.2 Å². The van der Waals surface area contributed by atoms with Gasteiger partial charge in [0.15, 0.2) is 5.82 Å². The van der Waals surface area contributed by atoms with Crippen molar-refractivity contribution in [1.29, 1.82) is 0 Å². The van der Waals surface area contributed by atoms with Gasteiger partial charge in [-0.05, 0) is 26.3 Å². The molecule has 0 bridgehead atoms. The average Bonchev–Trinajstić information content (AvgIpc) is 2.41. The summed E-state index contributed by atoms with van der Waals surface area (Å²) in [4.78, 5) is 13.3. The molecule has 0 radical (unpaired) electrons. The molecule has 4 nitrogen and oxygen atoms in total. The second-order valence-electron chi connectivity index (χ2n) is 4.34. The quantitative estimate of drug-likeness (QED) is 0.921. The lowest BCUT2D eigenvalue weighted by Gasteiger charge is -2.12. The lowest BCUT2D eigenvalue weighted by Crippen LogP contribution is -2.08. The van der Waals surface area contributed by atoms with E-state index in [-0.39, 0.29) is 0 Å². The van der Waals surface area contributed by atoms with Crippen LogP contribution < -0.4 is 5.32 Å². The van der Waals surface area contributed by atoms with E-state index in [9.17, 15) is 0 Å². The van der Waals surface area contributed by atoms with Crippen LogP contribution in [-0.2, 0) is 6.42 Å². The summed E-state index contributed by atoms with van der Waals surface area (Å²) in [5, 5.41) is 4.19. The van der Waals surface area contributed by atoms with Crippen LogP contribution in [0, 0.1) is 6.92 Å². The van der Waals surface area contributed by atoms with E-state index in [2.05, 4.69) is 27.2 Å². The summed E-state index contributed by atoms with van der Waals surface area (Å²) in [6, 6.07) is 1.65. The molecule has 0 atom stereocenters. The Morgan fingerprint density at radius 3 is 2.55 bits per heavy atom. The molecule has 2 rings (SSSR count). The van der Waals surface area contributed by atoms with Crippen LogP contribution in [-0.4, -0.2) is 21.5 Å². The maximum atomic E-state index is 6.18. The first kappa shape index (κ1) is 15.0. The molecule has 0 unspecified atom stereocenters. The highest BCUT2D eigenvalue weighted by atomic mass is 35.5. The Kier molecular flexibility index (Phi) is 4.78. The van der Waals surface area contributed by atoms with Crippen molar-refractivity contribution in [2.75, 3.05) is 11.9 Å². The van der Waals surface area contributed by atoms with E-state index in [4.69, 9.17) is 23.2 Å². The molecule has 20 heavy (non-hydrogen) atoms. The smallest absolute Gasteiger partial charge is 0.181 e. The largest absolute Gasteiger partial charge is 0.370 e. The van der Waals surface area contributed by atoms with E-state index in [1.807, 2.05) is 13.8 Å². The summed E-state index contributed by atoms with van der Waals surface area (Å²) in [5.74, 6) is 1.34. The second-order valence-corrected chi connectivity index (χ2v) is 5.18. The number of aromatic nitrogens is 3. The van der Waals surface area contributed by atoms with Crippen LogP contribution in [0.15, 0.2) is 12.3 Å². The molecule has 0 saturated carbocycles. The fourth-order valence-electron chi connectivity index (χ4n) is 1.93. The minimum Gasteiger partial charge on any atom is -0.370 e.